The first-order valence-electron chi connectivity index (χ1n) is 5.88. The first-order chi connectivity index (χ1) is 8.13. The summed E-state index contributed by atoms with van der Waals surface area (Å²) in [6.45, 7) is 6.83. The average Bonchev–Trinajstić information content (AvgIpc) is 2.34. The van der Waals surface area contributed by atoms with E-state index in [0.717, 1.165) is 23.3 Å². The average molecular weight is 235 g/mol. The quantitative estimate of drug-likeness (QED) is 0.714. The minimum absolute atomic E-state index is 0.436. The van der Waals surface area contributed by atoms with E-state index < -0.39 is 6.10 Å². The molecule has 3 N–H and O–H groups in total. The van der Waals surface area contributed by atoms with Crippen LogP contribution in [-0.2, 0) is 0 Å². The summed E-state index contributed by atoms with van der Waals surface area (Å²) in [5.41, 5.74) is 7.29. The number of rotatable bonds is 7. The maximum atomic E-state index is 9.85. The molecule has 1 rings (SSSR count). The van der Waals surface area contributed by atoms with E-state index in [1.54, 1.807) is 0 Å². The molecule has 0 fully saturated rings. The van der Waals surface area contributed by atoms with Crippen molar-refractivity contribution in [2.75, 3.05) is 13.2 Å². The highest BCUT2D eigenvalue weighted by atomic mass is 16.5. The lowest BCUT2D eigenvalue weighted by Gasteiger charge is -2.11. The third kappa shape index (κ3) is 5.02. The first-order valence-corrected chi connectivity index (χ1v) is 5.88. The van der Waals surface area contributed by atoms with Gasteiger partial charge in [-0.25, -0.2) is 0 Å². The number of ether oxygens (including phenoxy) is 1. The van der Waals surface area contributed by atoms with E-state index in [0.29, 0.717) is 19.6 Å². The van der Waals surface area contributed by atoms with Gasteiger partial charge in [-0.1, -0.05) is 18.7 Å². The molecule has 1 unspecified atom stereocenters. The van der Waals surface area contributed by atoms with Crippen LogP contribution in [0.25, 0.3) is 0 Å². The molecule has 0 heterocycles. The first kappa shape index (κ1) is 13.7. The normalized spacial score (nSPS) is 12.2. The molecular formula is C14H21NO2. The molecule has 1 atom stereocenters. The zero-order chi connectivity index (χ0) is 12.7. The maximum Gasteiger partial charge on any atom is 0.119 e. The van der Waals surface area contributed by atoms with E-state index in [2.05, 4.69) is 6.58 Å². The maximum absolute atomic E-state index is 9.85. The minimum Gasteiger partial charge on any atom is -0.489 e. The van der Waals surface area contributed by atoms with Gasteiger partial charge in [-0.05, 0) is 49.6 Å². The van der Waals surface area contributed by atoms with Crippen LogP contribution in [0, 0.1) is 0 Å². The van der Waals surface area contributed by atoms with E-state index in [9.17, 15) is 5.11 Å². The van der Waals surface area contributed by atoms with Crippen LogP contribution in [0.15, 0.2) is 36.4 Å². The van der Waals surface area contributed by atoms with Gasteiger partial charge in [0.05, 0.1) is 6.10 Å². The Kier molecular flexibility index (Phi) is 5.73. The fourth-order valence-corrected chi connectivity index (χ4v) is 1.47. The SMILES string of the molecule is C=C(C)COc1ccc(C(O)CCCN)cc1. The van der Waals surface area contributed by atoms with Gasteiger partial charge in [0.15, 0.2) is 0 Å². The number of nitrogens with two attached hydrogens (primary N) is 1. The van der Waals surface area contributed by atoms with E-state index >= 15 is 0 Å². The molecule has 17 heavy (non-hydrogen) atoms. The molecule has 0 amide bonds. The summed E-state index contributed by atoms with van der Waals surface area (Å²) in [7, 11) is 0. The van der Waals surface area contributed by atoms with Gasteiger partial charge in [0.25, 0.3) is 0 Å². The molecule has 0 aliphatic heterocycles. The zero-order valence-corrected chi connectivity index (χ0v) is 10.4. The van der Waals surface area contributed by atoms with Crippen molar-refractivity contribution >= 4 is 0 Å². The zero-order valence-electron chi connectivity index (χ0n) is 10.4. The molecule has 3 nitrogen and oxygen atoms in total. The fraction of sp³-hybridized carbons (Fsp3) is 0.429. The summed E-state index contributed by atoms with van der Waals surface area (Å²) in [6.07, 6.45) is 1.09. The van der Waals surface area contributed by atoms with E-state index in [1.165, 1.54) is 0 Å². The largest absolute Gasteiger partial charge is 0.489 e. The monoisotopic (exact) mass is 235 g/mol. The Hall–Kier alpha value is -1.32. The number of hydrogen-bond donors (Lipinski definition) is 2. The highest BCUT2D eigenvalue weighted by Gasteiger charge is 2.06. The number of aliphatic hydroxyl groups excluding tert-OH is 1. The van der Waals surface area contributed by atoms with E-state index in [-0.39, 0.29) is 0 Å². The summed E-state index contributed by atoms with van der Waals surface area (Å²) in [5, 5.41) is 9.85. The van der Waals surface area contributed by atoms with Crippen molar-refractivity contribution in [1.82, 2.24) is 0 Å². The van der Waals surface area contributed by atoms with Crippen LogP contribution in [-0.4, -0.2) is 18.3 Å². The summed E-state index contributed by atoms with van der Waals surface area (Å²) in [4.78, 5) is 0. The standard InChI is InChI=1S/C14H21NO2/c1-11(2)10-17-13-7-5-12(6-8-13)14(16)4-3-9-15/h5-8,14,16H,1,3-4,9-10,15H2,2H3. The highest BCUT2D eigenvalue weighted by Crippen LogP contribution is 2.21. The molecule has 0 spiro atoms. The number of aliphatic hydroxyl groups is 1. The molecule has 1 aromatic carbocycles. The lowest BCUT2D eigenvalue weighted by atomic mass is 10.1. The Bertz CT molecular complexity index is 346. The molecular weight excluding hydrogens is 214 g/mol. The minimum atomic E-state index is -0.436. The second-order valence-corrected chi connectivity index (χ2v) is 4.26. The summed E-state index contributed by atoms with van der Waals surface area (Å²) in [6, 6.07) is 7.50. The van der Waals surface area contributed by atoms with Crippen molar-refractivity contribution in [2.45, 2.75) is 25.9 Å². The Morgan fingerprint density at radius 2 is 2.06 bits per heavy atom. The fourth-order valence-electron chi connectivity index (χ4n) is 1.47. The molecule has 0 saturated carbocycles. The molecule has 0 aliphatic rings. The Morgan fingerprint density at radius 3 is 2.59 bits per heavy atom. The van der Waals surface area contributed by atoms with Crippen LogP contribution >= 0.6 is 0 Å². The summed E-state index contributed by atoms with van der Waals surface area (Å²) >= 11 is 0. The summed E-state index contributed by atoms with van der Waals surface area (Å²) < 4.78 is 5.48. The molecule has 0 aromatic heterocycles. The van der Waals surface area contributed by atoms with Gasteiger partial charge in [-0.2, -0.15) is 0 Å². The number of benzene rings is 1. The predicted octanol–water partition coefficient (Wildman–Crippen LogP) is 2.41. The second kappa shape index (κ2) is 7.09. The predicted molar refractivity (Wildman–Crippen MR) is 70.0 cm³/mol. The van der Waals surface area contributed by atoms with Crippen LogP contribution < -0.4 is 10.5 Å². The van der Waals surface area contributed by atoms with E-state index in [4.69, 9.17) is 10.5 Å². The second-order valence-electron chi connectivity index (χ2n) is 4.26. The molecule has 0 aliphatic carbocycles. The molecule has 94 valence electrons. The van der Waals surface area contributed by atoms with Gasteiger partial charge in [-0.3, -0.25) is 0 Å². The van der Waals surface area contributed by atoms with Crippen molar-refractivity contribution in [1.29, 1.82) is 0 Å². The highest BCUT2D eigenvalue weighted by molar-refractivity contribution is 5.28. The Balaban J connectivity index is 2.51. The van der Waals surface area contributed by atoms with Crippen molar-refractivity contribution in [3.8, 4) is 5.75 Å². The molecule has 3 heteroatoms. The van der Waals surface area contributed by atoms with E-state index in [1.807, 2.05) is 31.2 Å². The van der Waals surface area contributed by atoms with Gasteiger partial charge in [0, 0.05) is 0 Å². The lowest BCUT2D eigenvalue weighted by Crippen LogP contribution is -2.04. The summed E-state index contributed by atoms with van der Waals surface area (Å²) in [5.74, 6) is 0.794. The van der Waals surface area contributed by atoms with Crippen molar-refractivity contribution in [3.63, 3.8) is 0 Å². The smallest absolute Gasteiger partial charge is 0.119 e. The topological polar surface area (TPSA) is 55.5 Å². The van der Waals surface area contributed by atoms with Crippen molar-refractivity contribution in [3.05, 3.63) is 42.0 Å². The van der Waals surface area contributed by atoms with Gasteiger partial charge in [0.2, 0.25) is 0 Å². The van der Waals surface area contributed by atoms with Crippen LogP contribution in [0.4, 0.5) is 0 Å². The third-order valence-corrected chi connectivity index (χ3v) is 2.43. The Labute approximate surface area is 103 Å². The van der Waals surface area contributed by atoms with Gasteiger partial charge < -0.3 is 15.6 Å². The van der Waals surface area contributed by atoms with Crippen LogP contribution in [0.1, 0.15) is 31.4 Å². The van der Waals surface area contributed by atoms with Gasteiger partial charge in [-0.15, -0.1) is 0 Å². The van der Waals surface area contributed by atoms with Crippen molar-refractivity contribution < 1.29 is 9.84 Å². The van der Waals surface area contributed by atoms with Crippen LogP contribution in [0.2, 0.25) is 0 Å². The van der Waals surface area contributed by atoms with Crippen molar-refractivity contribution in [2.24, 2.45) is 5.73 Å². The molecule has 0 radical (unpaired) electrons. The Morgan fingerprint density at radius 1 is 1.41 bits per heavy atom. The van der Waals surface area contributed by atoms with Crippen LogP contribution in [0.5, 0.6) is 5.75 Å². The molecule has 1 aromatic rings. The van der Waals surface area contributed by atoms with Gasteiger partial charge >= 0.3 is 0 Å². The molecule has 0 saturated heterocycles. The third-order valence-electron chi connectivity index (χ3n) is 2.43. The van der Waals surface area contributed by atoms with Gasteiger partial charge in [0.1, 0.15) is 12.4 Å². The number of hydrogen-bond acceptors (Lipinski definition) is 3. The lowest BCUT2D eigenvalue weighted by molar-refractivity contribution is 0.165. The molecule has 0 bridgehead atoms. The van der Waals surface area contributed by atoms with Crippen LogP contribution in [0.3, 0.4) is 0 Å².